The highest BCUT2D eigenvalue weighted by molar-refractivity contribution is 6.10. The molecule has 0 saturated carbocycles. The summed E-state index contributed by atoms with van der Waals surface area (Å²) in [5, 5.41) is 21.9. The van der Waals surface area contributed by atoms with Crippen LogP contribution >= 0.6 is 0 Å². The molecule has 0 bridgehead atoms. The zero-order chi connectivity index (χ0) is 35.9. The number of para-hydroxylation sites is 2. The zero-order valence-electron chi connectivity index (χ0n) is 29.0. The summed E-state index contributed by atoms with van der Waals surface area (Å²) in [5.41, 5.74) is 11.9. The van der Waals surface area contributed by atoms with Crippen molar-refractivity contribution < 1.29 is 0 Å². The summed E-state index contributed by atoms with van der Waals surface area (Å²) in [4.78, 5) is 2.12. The lowest BCUT2D eigenvalue weighted by molar-refractivity contribution is 1.05. The topological polar surface area (TPSA) is 55.8 Å². The van der Waals surface area contributed by atoms with E-state index in [-0.39, 0.29) is 0 Å². The van der Waals surface area contributed by atoms with Crippen molar-refractivity contribution in [2.45, 2.75) is 20.3 Å². The van der Waals surface area contributed by atoms with Crippen LogP contribution in [0.2, 0.25) is 0 Å². The molecule has 51 heavy (non-hydrogen) atoms. The number of aromatic nitrogens is 1. The van der Waals surface area contributed by atoms with Crippen molar-refractivity contribution in [1.82, 2.24) is 4.57 Å². The Hall–Kier alpha value is -6.88. The molecule has 0 radical (unpaired) electrons. The molecular weight excluding hydrogens is 621 g/mol. The number of allylic oxidation sites excluding steroid dienone is 7. The van der Waals surface area contributed by atoms with Crippen molar-refractivity contribution in [2.75, 3.05) is 4.90 Å². The van der Waals surface area contributed by atoms with Gasteiger partial charge in [0.15, 0.2) is 0 Å². The summed E-state index contributed by atoms with van der Waals surface area (Å²) in [5.74, 6) is 0. The SMILES string of the molecule is C=C/C=C\C(=C)N(/C(C=C)=C(/C=C\C)CC)c1cccc(-c2cc(C#N)ccc2-c2ccccc2-n2c3ccccc3c3cc(C#N)ccc32)c1. The van der Waals surface area contributed by atoms with Crippen molar-refractivity contribution in [3.63, 3.8) is 0 Å². The number of nitrogens with zero attached hydrogens (tertiary/aromatic N) is 4. The molecule has 0 unspecified atom stereocenters. The van der Waals surface area contributed by atoms with Gasteiger partial charge in [0.25, 0.3) is 0 Å². The fourth-order valence-corrected chi connectivity index (χ4v) is 6.76. The van der Waals surface area contributed by atoms with Crippen LogP contribution in [0.1, 0.15) is 31.4 Å². The van der Waals surface area contributed by atoms with Crippen LogP contribution in [0.25, 0.3) is 49.7 Å². The van der Waals surface area contributed by atoms with Crippen molar-refractivity contribution in [3.05, 3.63) is 193 Å². The van der Waals surface area contributed by atoms with E-state index in [1.54, 1.807) is 6.08 Å². The first-order valence-electron chi connectivity index (χ1n) is 16.9. The lowest BCUT2D eigenvalue weighted by Crippen LogP contribution is -2.20. The zero-order valence-corrected chi connectivity index (χ0v) is 29.0. The van der Waals surface area contributed by atoms with Gasteiger partial charge >= 0.3 is 0 Å². The lowest BCUT2D eigenvalue weighted by atomic mass is 9.91. The Kier molecular flexibility index (Phi) is 10.1. The van der Waals surface area contributed by atoms with E-state index in [1.807, 2.05) is 98.0 Å². The molecule has 0 aliphatic heterocycles. The number of rotatable bonds is 11. The largest absolute Gasteiger partial charge is 0.311 e. The van der Waals surface area contributed by atoms with Gasteiger partial charge in [-0.3, -0.25) is 0 Å². The minimum atomic E-state index is 0.570. The van der Waals surface area contributed by atoms with E-state index < -0.39 is 0 Å². The van der Waals surface area contributed by atoms with E-state index >= 15 is 0 Å². The quantitative estimate of drug-likeness (QED) is 0.130. The first kappa shape index (κ1) is 34.0. The van der Waals surface area contributed by atoms with Gasteiger partial charge in [0, 0.05) is 33.4 Å². The Balaban J connectivity index is 1.60. The van der Waals surface area contributed by atoms with Crippen LogP contribution in [0.3, 0.4) is 0 Å². The van der Waals surface area contributed by atoms with Gasteiger partial charge in [0.05, 0.1) is 40.0 Å². The molecular formula is C47H38N4. The number of nitriles is 2. The second kappa shape index (κ2) is 15.1. The third kappa shape index (κ3) is 6.47. The molecule has 1 aromatic heterocycles. The number of hydrogen-bond acceptors (Lipinski definition) is 3. The maximum absolute atomic E-state index is 10.1. The van der Waals surface area contributed by atoms with Gasteiger partial charge in [-0.2, -0.15) is 10.5 Å². The highest BCUT2D eigenvalue weighted by Gasteiger charge is 2.20. The molecule has 0 aliphatic carbocycles. The van der Waals surface area contributed by atoms with Crippen LogP contribution in [0.4, 0.5) is 5.69 Å². The summed E-state index contributed by atoms with van der Waals surface area (Å²) >= 11 is 0. The van der Waals surface area contributed by atoms with E-state index in [0.717, 1.165) is 78.8 Å². The van der Waals surface area contributed by atoms with Crippen LogP contribution in [0.15, 0.2) is 182 Å². The summed E-state index contributed by atoms with van der Waals surface area (Å²) < 4.78 is 2.27. The Morgan fingerprint density at radius 3 is 2.22 bits per heavy atom. The number of anilines is 1. The monoisotopic (exact) mass is 658 g/mol. The second-order valence-electron chi connectivity index (χ2n) is 12.0. The van der Waals surface area contributed by atoms with E-state index in [2.05, 4.69) is 96.8 Å². The molecule has 0 fully saturated rings. The molecule has 5 aromatic carbocycles. The Bertz CT molecular complexity index is 2500. The number of fused-ring (bicyclic) bond motifs is 3. The number of benzene rings is 5. The standard InChI is InChI=1S/C47H38N4/c1-6-10-17-33(5)50(44(9-4)36(8-3)16-7-2)38-19-15-18-37(30-38)42-28-34(31-48)24-26-39(42)40-20-11-13-22-45(40)51-46-23-14-12-21-41(46)43-29-35(32-49)25-27-47(43)51/h6-7,9-30H,1,4-5,8H2,2-3H3/b16-7-,17-10-,44-36+. The fraction of sp³-hybridized carbons (Fsp3) is 0.0638. The molecule has 246 valence electrons. The van der Waals surface area contributed by atoms with Gasteiger partial charge in [-0.05, 0) is 102 Å². The minimum absolute atomic E-state index is 0.570. The third-order valence-corrected chi connectivity index (χ3v) is 9.02. The smallest absolute Gasteiger partial charge is 0.0991 e. The second-order valence-corrected chi connectivity index (χ2v) is 12.0. The van der Waals surface area contributed by atoms with Gasteiger partial charge in [-0.15, -0.1) is 0 Å². The van der Waals surface area contributed by atoms with Gasteiger partial charge in [0.1, 0.15) is 0 Å². The van der Waals surface area contributed by atoms with Crippen molar-refractivity contribution in [3.8, 4) is 40.1 Å². The summed E-state index contributed by atoms with van der Waals surface area (Å²) in [6.07, 6.45) is 12.4. The van der Waals surface area contributed by atoms with Gasteiger partial charge in [-0.25, -0.2) is 0 Å². The van der Waals surface area contributed by atoms with Gasteiger partial charge in [-0.1, -0.05) is 106 Å². The first-order chi connectivity index (χ1) is 25.0. The Labute approximate surface area is 300 Å². The van der Waals surface area contributed by atoms with Gasteiger partial charge in [0.2, 0.25) is 0 Å². The van der Waals surface area contributed by atoms with Crippen LogP contribution in [0.5, 0.6) is 0 Å². The molecule has 4 nitrogen and oxygen atoms in total. The maximum Gasteiger partial charge on any atom is 0.0991 e. The molecule has 0 aliphatic rings. The molecule has 4 heteroatoms. The van der Waals surface area contributed by atoms with Crippen molar-refractivity contribution in [2.24, 2.45) is 0 Å². The molecule has 0 amide bonds. The predicted molar refractivity (Wildman–Crippen MR) is 214 cm³/mol. The highest BCUT2D eigenvalue weighted by atomic mass is 15.2. The fourth-order valence-electron chi connectivity index (χ4n) is 6.76. The average molecular weight is 659 g/mol. The molecule has 0 spiro atoms. The lowest BCUT2D eigenvalue weighted by Gasteiger charge is -2.29. The van der Waals surface area contributed by atoms with E-state index in [4.69, 9.17) is 0 Å². The molecule has 0 N–H and O–H groups in total. The Morgan fingerprint density at radius 2 is 1.47 bits per heavy atom. The third-order valence-electron chi connectivity index (χ3n) is 9.02. The van der Waals surface area contributed by atoms with Crippen LogP contribution in [-0.4, -0.2) is 4.57 Å². The average Bonchev–Trinajstić information content (AvgIpc) is 3.51. The maximum atomic E-state index is 10.1. The Morgan fingerprint density at radius 1 is 0.745 bits per heavy atom. The summed E-state index contributed by atoms with van der Waals surface area (Å²) in [7, 11) is 0. The normalized spacial score (nSPS) is 11.8. The predicted octanol–water partition coefficient (Wildman–Crippen LogP) is 12.3. The highest BCUT2D eigenvalue weighted by Crippen LogP contribution is 2.41. The van der Waals surface area contributed by atoms with E-state index in [9.17, 15) is 10.5 Å². The van der Waals surface area contributed by atoms with E-state index in [1.165, 1.54) is 0 Å². The molecule has 1 heterocycles. The van der Waals surface area contributed by atoms with Crippen molar-refractivity contribution >= 4 is 27.5 Å². The van der Waals surface area contributed by atoms with E-state index in [0.29, 0.717) is 11.1 Å². The van der Waals surface area contributed by atoms with Crippen LogP contribution in [0, 0.1) is 22.7 Å². The van der Waals surface area contributed by atoms with Gasteiger partial charge < -0.3 is 9.47 Å². The molecule has 6 rings (SSSR count). The molecule has 6 aromatic rings. The molecule has 0 atom stereocenters. The first-order valence-corrected chi connectivity index (χ1v) is 16.9. The van der Waals surface area contributed by atoms with Crippen molar-refractivity contribution in [1.29, 1.82) is 10.5 Å². The molecule has 0 saturated heterocycles. The summed E-state index contributed by atoms with van der Waals surface area (Å²) in [6.45, 7) is 16.6. The summed E-state index contributed by atoms with van der Waals surface area (Å²) in [6, 6.07) is 41.4. The minimum Gasteiger partial charge on any atom is -0.311 e. The number of hydrogen-bond donors (Lipinski definition) is 0. The van der Waals surface area contributed by atoms with Crippen LogP contribution in [-0.2, 0) is 0 Å². The van der Waals surface area contributed by atoms with Crippen LogP contribution < -0.4 is 4.90 Å².